The summed E-state index contributed by atoms with van der Waals surface area (Å²) in [6, 6.07) is 3.82. The summed E-state index contributed by atoms with van der Waals surface area (Å²) in [7, 11) is 1.69. The van der Waals surface area contributed by atoms with Gasteiger partial charge in [-0.05, 0) is 57.0 Å². The molecular formula is C14H19Br2N3O2. The Hall–Kier alpha value is -0.630. The molecule has 2 rings (SSSR count). The molecular weight excluding hydrogens is 402 g/mol. The van der Waals surface area contributed by atoms with Crippen LogP contribution in [0.15, 0.2) is 31.9 Å². The van der Waals surface area contributed by atoms with E-state index in [4.69, 9.17) is 9.15 Å². The number of ether oxygens (including phenoxy) is 1. The number of nitrogens with zero attached hydrogens (tertiary/aromatic N) is 2. The van der Waals surface area contributed by atoms with E-state index in [1.54, 1.807) is 7.11 Å². The minimum absolute atomic E-state index is 0.0509. The number of nitrogens with one attached hydrogen (secondary N) is 1. The van der Waals surface area contributed by atoms with Crippen molar-refractivity contribution in [3.05, 3.63) is 38.9 Å². The molecule has 116 valence electrons. The van der Waals surface area contributed by atoms with E-state index in [0.717, 1.165) is 33.6 Å². The molecule has 0 saturated heterocycles. The normalized spacial score (nSPS) is 12.8. The van der Waals surface area contributed by atoms with Crippen LogP contribution >= 0.6 is 31.9 Å². The van der Waals surface area contributed by atoms with Crippen molar-refractivity contribution in [2.75, 3.05) is 20.3 Å². The van der Waals surface area contributed by atoms with Crippen LogP contribution in [-0.2, 0) is 11.3 Å². The van der Waals surface area contributed by atoms with Crippen molar-refractivity contribution < 1.29 is 9.15 Å². The Bertz CT molecular complexity index is 568. The third-order valence-corrected chi connectivity index (χ3v) is 4.13. The Morgan fingerprint density at radius 2 is 2.24 bits per heavy atom. The van der Waals surface area contributed by atoms with Crippen molar-refractivity contribution in [1.29, 1.82) is 0 Å². The standard InChI is InChI=1S/C14H19Br2N3O2/c1-3-6-17-13(11-4-5-12(16)21-11)14-10(15)9-18-19(14)7-8-20-2/h4-5,9,13,17H,3,6-8H2,1-2H3. The third-order valence-electron chi connectivity index (χ3n) is 3.09. The molecule has 21 heavy (non-hydrogen) atoms. The van der Waals surface area contributed by atoms with E-state index in [2.05, 4.69) is 49.2 Å². The molecule has 0 fully saturated rings. The zero-order valence-electron chi connectivity index (χ0n) is 12.1. The van der Waals surface area contributed by atoms with Crippen molar-refractivity contribution in [3.63, 3.8) is 0 Å². The van der Waals surface area contributed by atoms with Gasteiger partial charge >= 0.3 is 0 Å². The summed E-state index contributed by atoms with van der Waals surface area (Å²) in [5.41, 5.74) is 1.04. The van der Waals surface area contributed by atoms with Crippen LogP contribution in [0, 0.1) is 0 Å². The van der Waals surface area contributed by atoms with Gasteiger partial charge in [-0.3, -0.25) is 4.68 Å². The number of methoxy groups -OCH3 is 1. The Kier molecular flexibility index (Phi) is 6.47. The first-order valence-corrected chi connectivity index (χ1v) is 8.44. The van der Waals surface area contributed by atoms with E-state index in [9.17, 15) is 0 Å². The minimum Gasteiger partial charge on any atom is -0.452 e. The molecule has 2 aromatic heterocycles. The maximum absolute atomic E-state index is 5.74. The van der Waals surface area contributed by atoms with E-state index < -0.39 is 0 Å². The monoisotopic (exact) mass is 419 g/mol. The fraction of sp³-hybridized carbons (Fsp3) is 0.500. The van der Waals surface area contributed by atoms with E-state index in [0.29, 0.717) is 13.2 Å². The van der Waals surface area contributed by atoms with Crippen LogP contribution in [-0.4, -0.2) is 30.0 Å². The predicted octanol–water partition coefficient (Wildman–Crippen LogP) is 3.74. The molecule has 0 amide bonds. The number of hydrogen-bond acceptors (Lipinski definition) is 4. The third kappa shape index (κ3) is 4.18. The fourth-order valence-electron chi connectivity index (χ4n) is 2.12. The van der Waals surface area contributed by atoms with Gasteiger partial charge in [-0.15, -0.1) is 0 Å². The molecule has 5 nitrogen and oxygen atoms in total. The number of furan rings is 1. The lowest BCUT2D eigenvalue weighted by atomic mass is 10.1. The molecule has 2 aromatic rings. The zero-order chi connectivity index (χ0) is 15.2. The largest absolute Gasteiger partial charge is 0.452 e. The van der Waals surface area contributed by atoms with Crippen LogP contribution < -0.4 is 5.32 Å². The summed E-state index contributed by atoms with van der Waals surface area (Å²) >= 11 is 6.95. The van der Waals surface area contributed by atoms with Gasteiger partial charge in [0.15, 0.2) is 4.67 Å². The smallest absolute Gasteiger partial charge is 0.169 e. The van der Waals surface area contributed by atoms with E-state index in [-0.39, 0.29) is 6.04 Å². The van der Waals surface area contributed by atoms with Crippen molar-refractivity contribution in [3.8, 4) is 0 Å². The lowest BCUT2D eigenvalue weighted by molar-refractivity contribution is 0.181. The van der Waals surface area contributed by atoms with Gasteiger partial charge in [-0.25, -0.2) is 0 Å². The Morgan fingerprint density at radius 3 is 2.86 bits per heavy atom. The Balaban J connectivity index is 2.33. The van der Waals surface area contributed by atoms with E-state index >= 15 is 0 Å². The lowest BCUT2D eigenvalue weighted by Crippen LogP contribution is -2.26. The van der Waals surface area contributed by atoms with Gasteiger partial charge in [0, 0.05) is 7.11 Å². The molecule has 1 unspecified atom stereocenters. The summed E-state index contributed by atoms with van der Waals surface area (Å²) in [5.74, 6) is 0.857. The second-order valence-electron chi connectivity index (χ2n) is 4.62. The SMILES string of the molecule is CCCNC(c1ccc(Br)o1)c1c(Br)cnn1CCOC. The van der Waals surface area contributed by atoms with Gasteiger partial charge in [0.2, 0.25) is 0 Å². The summed E-state index contributed by atoms with van der Waals surface area (Å²) in [4.78, 5) is 0. The summed E-state index contributed by atoms with van der Waals surface area (Å²) < 4.78 is 14.5. The maximum Gasteiger partial charge on any atom is 0.169 e. The Labute approximate surface area is 141 Å². The first-order chi connectivity index (χ1) is 10.2. The van der Waals surface area contributed by atoms with Crippen molar-refractivity contribution >= 4 is 31.9 Å². The lowest BCUT2D eigenvalue weighted by Gasteiger charge is -2.19. The summed E-state index contributed by atoms with van der Waals surface area (Å²) in [5, 5.41) is 7.92. The second kappa shape index (κ2) is 8.12. The highest BCUT2D eigenvalue weighted by Gasteiger charge is 2.24. The molecule has 1 N–H and O–H groups in total. The average Bonchev–Trinajstić information content (AvgIpc) is 3.05. The second-order valence-corrected chi connectivity index (χ2v) is 6.26. The van der Waals surface area contributed by atoms with Crippen LogP contribution in [0.5, 0.6) is 0 Å². The molecule has 7 heteroatoms. The molecule has 2 heterocycles. The van der Waals surface area contributed by atoms with Gasteiger partial charge < -0.3 is 14.5 Å². The van der Waals surface area contributed by atoms with Crippen LogP contribution in [0.2, 0.25) is 0 Å². The zero-order valence-corrected chi connectivity index (χ0v) is 15.3. The van der Waals surface area contributed by atoms with Gasteiger partial charge in [0.25, 0.3) is 0 Å². The van der Waals surface area contributed by atoms with E-state index in [1.807, 2.05) is 23.0 Å². The van der Waals surface area contributed by atoms with Crippen molar-refractivity contribution in [2.45, 2.75) is 25.9 Å². The summed E-state index contributed by atoms with van der Waals surface area (Å²) in [6.07, 6.45) is 2.85. The number of halogens is 2. The van der Waals surface area contributed by atoms with E-state index in [1.165, 1.54) is 0 Å². The van der Waals surface area contributed by atoms with Gasteiger partial charge in [0.1, 0.15) is 11.8 Å². The molecule has 0 bridgehead atoms. The van der Waals surface area contributed by atoms with Crippen molar-refractivity contribution in [1.82, 2.24) is 15.1 Å². The van der Waals surface area contributed by atoms with Gasteiger partial charge in [-0.2, -0.15) is 5.10 Å². The highest BCUT2D eigenvalue weighted by molar-refractivity contribution is 9.10. The highest BCUT2D eigenvalue weighted by Crippen LogP contribution is 2.31. The molecule has 0 radical (unpaired) electrons. The molecule has 0 aliphatic rings. The number of aromatic nitrogens is 2. The summed E-state index contributed by atoms with van der Waals surface area (Å²) in [6.45, 7) is 4.34. The first-order valence-electron chi connectivity index (χ1n) is 6.86. The van der Waals surface area contributed by atoms with Gasteiger partial charge in [0.05, 0.1) is 29.5 Å². The topological polar surface area (TPSA) is 52.2 Å². The number of hydrogen-bond donors (Lipinski definition) is 1. The molecule has 0 saturated carbocycles. The van der Waals surface area contributed by atoms with Crippen LogP contribution in [0.25, 0.3) is 0 Å². The Morgan fingerprint density at radius 1 is 1.43 bits per heavy atom. The van der Waals surface area contributed by atoms with Crippen molar-refractivity contribution in [2.24, 2.45) is 0 Å². The molecule has 0 aliphatic carbocycles. The molecule has 0 spiro atoms. The molecule has 0 aliphatic heterocycles. The minimum atomic E-state index is -0.0509. The number of rotatable bonds is 8. The maximum atomic E-state index is 5.74. The van der Waals surface area contributed by atoms with Gasteiger partial charge in [-0.1, -0.05) is 6.92 Å². The quantitative estimate of drug-likeness (QED) is 0.706. The average molecular weight is 421 g/mol. The molecule has 0 aromatic carbocycles. The van der Waals surface area contributed by atoms with Crippen LogP contribution in [0.3, 0.4) is 0 Å². The first kappa shape index (κ1) is 16.7. The highest BCUT2D eigenvalue weighted by atomic mass is 79.9. The molecule has 1 atom stereocenters. The predicted molar refractivity (Wildman–Crippen MR) is 88.3 cm³/mol. The fourth-order valence-corrected chi connectivity index (χ4v) is 2.96. The van der Waals surface area contributed by atoms with Crippen LogP contribution in [0.4, 0.5) is 0 Å². The van der Waals surface area contributed by atoms with Crippen LogP contribution in [0.1, 0.15) is 30.8 Å².